The quantitative estimate of drug-likeness (QED) is 0.514. The van der Waals surface area contributed by atoms with Gasteiger partial charge in [0.05, 0.1) is 11.6 Å². The van der Waals surface area contributed by atoms with E-state index in [4.69, 9.17) is 0 Å². The summed E-state index contributed by atoms with van der Waals surface area (Å²) in [6.07, 6.45) is 6.78. The Bertz CT molecular complexity index is 744. The van der Waals surface area contributed by atoms with Crippen LogP contribution in [0.15, 0.2) is 42.6 Å². The first-order valence-corrected chi connectivity index (χ1v) is 6.84. The van der Waals surface area contributed by atoms with Crippen LogP contribution in [0.4, 0.5) is 0 Å². The molecule has 1 aliphatic heterocycles. The lowest BCUT2D eigenvalue weighted by Crippen LogP contribution is -2.40. The summed E-state index contributed by atoms with van der Waals surface area (Å²) in [5.41, 5.74) is 1.35. The minimum Gasteiger partial charge on any atom is -0.360 e. The van der Waals surface area contributed by atoms with Gasteiger partial charge in [0.15, 0.2) is 0 Å². The lowest BCUT2D eigenvalue weighted by atomic mass is 10.1. The number of benzene rings is 1. The molecule has 1 aliphatic carbocycles. The molecule has 2 heterocycles. The molecule has 1 N–H and O–H groups in total. The van der Waals surface area contributed by atoms with Crippen molar-refractivity contribution in [1.29, 1.82) is 0 Å². The van der Waals surface area contributed by atoms with Gasteiger partial charge in [-0.2, -0.15) is 0 Å². The number of rotatable bonds is 2. The summed E-state index contributed by atoms with van der Waals surface area (Å²) < 4.78 is 0. The van der Waals surface area contributed by atoms with E-state index >= 15 is 0 Å². The molecule has 4 rings (SSSR count). The van der Waals surface area contributed by atoms with Crippen molar-refractivity contribution in [3.63, 3.8) is 0 Å². The summed E-state index contributed by atoms with van der Waals surface area (Å²) in [7, 11) is 0. The molecule has 1 amide bonds. The molecular formula is C16H14N2O2. The minimum atomic E-state index is -0.414. The number of H-pyrrole nitrogens is 1. The molecule has 1 saturated heterocycles. The number of fused-ring (bicyclic) bond motifs is 3. The Labute approximate surface area is 116 Å². The van der Waals surface area contributed by atoms with Crippen molar-refractivity contribution in [2.75, 3.05) is 6.54 Å². The van der Waals surface area contributed by atoms with Gasteiger partial charge < -0.3 is 9.88 Å². The summed E-state index contributed by atoms with van der Waals surface area (Å²) in [4.78, 5) is 29.6. The van der Waals surface area contributed by atoms with E-state index in [-0.39, 0.29) is 11.9 Å². The Morgan fingerprint density at radius 3 is 2.80 bits per heavy atom. The summed E-state index contributed by atoms with van der Waals surface area (Å²) in [6.45, 7) is 0.675. The number of para-hydroxylation sites is 1. The Morgan fingerprint density at radius 1 is 1.20 bits per heavy atom. The molecule has 2 aliphatic rings. The third kappa shape index (κ3) is 1.54. The maximum atomic E-state index is 12.4. The fourth-order valence-electron chi connectivity index (χ4n) is 3.25. The van der Waals surface area contributed by atoms with Crippen molar-refractivity contribution < 1.29 is 9.59 Å². The first-order chi connectivity index (χ1) is 9.74. The standard InChI is InChI=1S/C16H14N2O2/c19-15(13-8-17-14-4-2-1-3-12(13)14)16(20)18-9-10-5-6-11(18)7-10/h1-6,8,10-11,17H,7,9H2. The molecule has 2 unspecified atom stereocenters. The highest BCUT2D eigenvalue weighted by Gasteiger charge is 2.39. The van der Waals surface area contributed by atoms with Crippen LogP contribution in [0, 0.1) is 5.92 Å². The first-order valence-electron chi connectivity index (χ1n) is 6.84. The molecule has 0 saturated carbocycles. The summed E-state index contributed by atoms with van der Waals surface area (Å²) in [5.74, 6) is -0.366. The largest absolute Gasteiger partial charge is 0.360 e. The molecule has 2 atom stereocenters. The summed E-state index contributed by atoms with van der Waals surface area (Å²) in [5, 5.41) is 0.811. The molecule has 1 aromatic heterocycles. The number of ketones is 1. The van der Waals surface area contributed by atoms with Crippen LogP contribution >= 0.6 is 0 Å². The molecular weight excluding hydrogens is 252 g/mol. The number of hydrogen-bond acceptors (Lipinski definition) is 2. The number of nitrogens with one attached hydrogen (secondary N) is 1. The predicted molar refractivity (Wildman–Crippen MR) is 75.4 cm³/mol. The lowest BCUT2D eigenvalue weighted by Gasteiger charge is -2.22. The van der Waals surface area contributed by atoms with Crippen LogP contribution in [-0.4, -0.2) is 34.2 Å². The van der Waals surface area contributed by atoms with Gasteiger partial charge in [-0.25, -0.2) is 0 Å². The van der Waals surface area contributed by atoms with E-state index in [0.29, 0.717) is 18.0 Å². The average Bonchev–Trinajstić information content (AvgIpc) is 3.19. The van der Waals surface area contributed by atoms with E-state index in [1.807, 2.05) is 30.3 Å². The van der Waals surface area contributed by atoms with Gasteiger partial charge in [-0.05, 0) is 18.4 Å². The second-order valence-electron chi connectivity index (χ2n) is 5.48. The fraction of sp³-hybridized carbons (Fsp3) is 0.250. The number of carbonyl (C=O) groups is 2. The molecule has 2 bridgehead atoms. The highest BCUT2D eigenvalue weighted by Crippen LogP contribution is 2.32. The van der Waals surface area contributed by atoms with Crippen molar-refractivity contribution in [2.24, 2.45) is 5.92 Å². The van der Waals surface area contributed by atoms with Gasteiger partial charge in [-0.1, -0.05) is 30.4 Å². The Hall–Kier alpha value is -2.36. The van der Waals surface area contributed by atoms with Crippen molar-refractivity contribution in [1.82, 2.24) is 9.88 Å². The van der Waals surface area contributed by atoms with Gasteiger partial charge in [-0.15, -0.1) is 0 Å². The second-order valence-corrected chi connectivity index (χ2v) is 5.48. The van der Waals surface area contributed by atoms with E-state index in [2.05, 4.69) is 11.1 Å². The first kappa shape index (κ1) is 11.5. The topological polar surface area (TPSA) is 53.2 Å². The summed E-state index contributed by atoms with van der Waals surface area (Å²) >= 11 is 0. The third-order valence-corrected chi connectivity index (χ3v) is 4.27. The number of amides is 1. The van der Waals surface area contributed by atoms with Crippen molar-refractivity contribution >= 4 is 22.6 Å². The van der Waals surface area contributed by atoms with E-state index in [1.165, 1.54) is 0 Å². The normalized spacial score (nSPS) is 23.7. The number of carbonyl (C=O) groups excluding carboxylic acids is 2. The number of likely N-dealkylation sites (tertiary alicyclic amines) is 1. The van der Waals surface area contributed by atoms with Crippen LogP contribution < -0.4 is 0 Å². The number of hydrogen-bond donors (Lipinski definition) is 1. The highest BCUT2D eigenvalue weighted by atomic mass is 16.2. The van der Waals surface area contributed by atoms with Crippen LogP contribution in [0.1, 0.15) is 16.8 Å². The van der Waals surface area contributed by atoms with Crippen LogP contribution in [-0.2, 0) is 4.79 Å². The monoisotopic (exact) mass is 266 g/mol. The zero-order valence-corrected chi connectivity index (χ0v) is 10.9. The number of aromatic amines is 1. The zero-order chi connectivity index (χ0) is 13.7. The van der Waals surface area contributed by atoms with Crippen molar-refractivity contribution in [2.45, 2.75) is 12.5 Å². The van der Waals surface area contributed by atoms with Crippen LogP contribution in [0.5, 0.6) is 0 Å². The molecule has 4 heteroatoms. The van der Waals surface area contributed by atoms with E-state index in [9.17, 15) is 9.59 Å². The number of aromatic nitrogens is 1. The zero-order valence-electron chi connectivity index (χ0n) is 10.9. The molecule has 0 radical (unpaired) electrons. The fourth-order valence-corrected chi connectivity index (χ4v) is 3.25. The van der Waals surface area contributed by atoms with Gasteiger partial charge in [0.2, 0.25) is 0 Å². The third-order valence-electron chi connectivity index (χ3n) is 4.27. The Kier molecular flexibility index (Phi) is 2.33. The van der Waals surface area contributed by atoms with Crippen molar-refractivity contribution in [3.8, 4) is 0 Å². The minimum absolute atomic E-state index is 0.113. The van der Waals surface area contributed by atoms with Crippen molar-refractivity contribution in [3.05, 3.63) is 48.2 Å². The Morgan fingerprint density at radius 2 is 2.05 bits per heavy atom. The number of Topliss-reactive ketones (excluding diaryl/α,β-unsaturated/α-hetero) is 1. The maximum absolute atomic E-state index is 12.4. The molecule has 0 spiro atoms. The lowest BCUT2D eigenvalue weighted by molar-refractivity contribution is -0.126. The van der Waals surface area contributed by atoms with Gasteiger partial charge in [-0.3, -0.25) is 9.59 Å². The number of nitrogens with zero attached hydrogens (tertiary/aromatic N) is 1. The summed E-state index contributed by atoms with van der Waals surface area (Å²) in [6, 6.07) is 7.65. The molecule has 1 aromatic carbocycles. The smallest absolute Gasteiger partial charge is 0.295 e. The van der Waals surface area contributed by atoms with E-state index in [1.54, 1.807) is 11.1 Å². The molecule has 2 aromatic rings. The van der Waals surface area contributed by atoms with E-state index < -0.39 is 5.78 Å². The van der Waals surface area contributed by atoms with E-state index in [0.717, 1.165) is 17.3 Å². The van der Waals surface area contributed by atoms with Gasteiger partial charge in [0.1, 0.15) is 0 Å². The SMILES string of the molecule is O=C(C(=O)N1CC2C=CC1C2)c1c[nH]c2ccccc12. The Balaban J connectivity index is 1.67. The molecule has 20 heavy (non-hydrogen) atoms. The average molecular weight is 266 g/mol. The molecule has 100 valence electrons. The maximum Gasteiger partial charge on any atom is 0.295 e. The van der Waals surface area contributed by atoms with Crippen LogP contribution in [0.2, 0.25) is 0 Å². The van der Waals surface area contributed by atoms with Gasteiger partial charge >= 0.3 is 0 Å². The second kappa shape index (κ2) is 4.07. The predicted octanol–water partition coefficient (Wildman–Crippen LogP) is 2.14. The van der Waals surface area contributed by atoms with Crippen LogP contribution in [0.25, 0.3) is 10.9 Å². The van der Waals surface area contributed by atoms with Crippen LogP contribution in [0.3, 0.4) is 0 Å². The van der Waals surface area contributed by atoms with Gasteiger partial charge in [0.25, 0.3) is 11.7 Å². The van der Waals surface area contributed by atoms with Gasteiger partial charge in [0, 0.05) is 23.6 Å². The molecule has 1 fully saturated rings. The molecule has 4 nitrogen and oxygen atoms in total. The highest BCUT2D eigenvalue weighted by molar-refractivity contribution is 6.45.